The topological polar surface area (TPSA) is 57.6 Å². The third-order valence-electron chi connectivity index (χ3n) is 2.66. The molecule has 0 fully saturated rings. The number of carboxylic acids is 1. The zero-order valence-corrected chi connectivity index (χ0v) is 11.3. The van der Waals surface area contributed by atoms with Crippen molar-refractivity contribution in [3.63, 3.8) is 0 Å². The molecule has 1 amide bonds. The summed E-state index contributed by atoms with van der Waals surface area (Å²) in [6.45, 7) is 3.69. The monoisotopic (exact) mass is 261 g/mol. The van der Waals surface area contributed by atoms with Gasteiger partial charge in [-0.2, -0.15) is 0 Å². The van der Waals surface area contributed by atoms with E-state index in [1.165, 1.54) is 11.8 Å². The molecule has 0 saturated heterocycles. The molecule has 0 aliphatic heterocycles. The van der Waals surface area contributed by atoms with Gasteiger partial charge in [-0.15, -0.1) is 0 Å². The molecular weight excluding hydrogens is 237 g/mol. The minimum atomic E-state index is -0.983. The summed E-state index contributed by atoms with van der Waals surface area (Å²) in [5.74, 6) is -1.10. The number of hydrogen-bond donors (Lipinski definition) is 1. The summed E-state index contributed by atoms with van der Waals surface area (Å²) in [5, 5.41) is 8.69. The first-order valence-electron chi connectivity index (χ1n) is 6.61. The number of alkyl halides is 1. The molecule has 0 saturated carbocycles. The first kappa shape index (κ1) is 16.9. The van der Waals surface area contributed by atoms with Gasteiger partial charge in [0.15, 0.2) is 0 Å². The fourth-order valence-electron chi connectivity index (χ4n) is 1.76. The normalized spacial score (nSPS) is 12.2. The van der Waals surface area contributed by atoms with Crippen LogP contribution in [0, 0.1) is 0 Å². The van der Waals surface area contributed by atoms with E-state index in [-0.39, 0.29) is 12.5 Å². The van der Waals surface area contributed by atoms with Crippen LogP contribution in [0.2, 0.25) is 0 Å². The van der Waals surface area contributed by atoms with Gasteiger partial charge in [-0.3, -0.25) is 9.59 Å². The molecule has 4 nitrogen and oxygen atoms in total. The summed E-state index contributed by atoms with van der Waals surface area (Å²) in [7, 11) is 0. The van der Waals surface area contributed by atoms with Crippen LogP contribution in [0.25, 0.3) is 0 Å². The van der Waals surface area contributed by atoms with Crippen LogP contribution in [-0.2, 0) is 9.59 Å². The van der Waals surface area contributed by atoms with Crippen molar-refractivity contribution in [3.05, 3.63) is 0 Å². The van der Waals surface area contributed by atoms with Crippen molar-refractivity contribution in [1.82, 2.24) is 4.90 Å². The Labute approximate surface area is 108 Å². The van der Waals surface area contributed by atoms with Crippen LogP contribution in [0.1, 0.15) is 52.4 Å². The van der Waals surface area contributed by atoms with Crippen LogP contribution >= 0.6 is 0 Å². The molecule has 0 aromatic carbocycles. The number of carbonyl (C=O) groups excluding carboxylic acids is 1. The molecule has 1 unspecified atom stereocenters. The van der Waals surface area contributed by atoms with Gasteiger partial charge in [-0.25, -0.2) is 4.39 Å². The van der Waals surface area contributed by atoms with Crippen molar-refractivity contribution in [2.75, 3.05) is 13.1 Å². The molecule has 5 heteroatoms. The molecule has 0 rings (SSSR count). The van der Waals surface area contributed by atoms with E-state index in [1.807, 2.05) is 6.92 Å². The largest absolute Gasteiger partial charge is 0.480 e. The third kappa shape index (κ3) is 8.96. The average molecular weight is 261 g/mol. The van der Waals surface area contributed by atoms with Crippen LogP contribution in [0.4, 0.5) is 4.39 Å². The fourth-order valence-corrected chi connectivity index (χ4v) is 1.76. The molecule has 0 aromatic rings. The molecule has 0 spiro atoms. The number of hydrogen-bond acceptors (Lipinski definition) is 2. The summed E-state index contributed by atoms with van der Waals surface area (Å²) >= 11 is 0. The molecule has 1 N–H and O–H groups in total. The highest BCUT2D eigenvalue weighted by molar-refractivity contribution is 5.81. The quantitative estimate of drug-likeness (QED) is 0.615. The Kier molecular flexibility index (Phi) is 9.24. The lowest BCUT2D eigenvalue weighted by molar-refractivity contribution is -0.144. The molecule has 0 heterocycles. The number of unbranched alkanes of at least 4 members (excludes halogenated alkanes) is 2. The number of aliphatic carboxylic acids is 1. The molecular formula is C13H24FNO3. The van der Waals surface area contributed by atoms with Crippen molar-refractivity contribution in [2.24, 2.45) is 0 Å². The van der Waals surface area contributed by atoms with Gasteiger partial charge in [-0.05, 0) is 26.2 Å². The Morgan fingerprint density at radius 3 is 2.44 bits per heavy atom. The van der Waals surface area contributed by atoms with E-state index in [0.29, 0.717) is 25.8 Å². The van der Waals surface area contributed by atoms with Crippen molar-refractivity contribution in [2.45, 2.75) is 58.5 Å². The smallest absolute Gasteiger partial charge is 0.323 e. The fraction of sp³-hybridized carbons (Fsp3) is 0.846. The predicted octanol–water partition coefficient (Wildman–Crippen LogP) is 2.62. The first-order chi connectivity index (χ1) is 8.47. The number of amides is 1. The number of carbonyl (C=O) groups is 2. The lowest BCUT2D eigenvalue weighted by Gasteiger charge is -2.19. The van der Waals surface area contributed by atoms with Crippen LogP contribution in [0.15, 0.2) is 0 Å². The van der Waals surface area contributed by atoms with Crippen LogP contribution in [0.5, 0.6) is 0 Å². The molecule has 18 heavy (non-hydrogen) atoms. The van der Waals surface area contributed by atoms with Crippen LogP contribution in [-0.4, -0.2) is 41.1 Å². The van der Waals surface area contributed by atoms with Crippen molar-refractivity contribution >= 4 is 11.9 Å². The van der Waals surface area contributed by atoms with Gasteiger partial charge in [0.05, 0.1) is 6.17 Å². The molecule has 1 atom stereocenters. The molecule has 0 aliphatic carbocycles. The number of carboxylic acid groups (broad SMARTS) is 1. The second-order valence-corrected chi connectivity index (χ2v) is 4.59. The lowest BCUT2D eigenvalue weighted by atomic mass is 10.1. The molecule has 0 bridgehead atoms. The van der Waals surface area contributed by atoms with E-state index >= 15 is 0 Å². The summed E-state index contributed by atoms with van der Waals surface area (Å²) in [5.41, 5.74) is 0. The lowest BCUT2D eigenvalue weighted by Crippen LogP contribution is -2.36. The summed E-state index contributed by atoms with van der Waals surface area (Å²) in [6.07, 6.45) is 3.13. The van der Waals surface area contributed by atoms with Gasteiger partial charge in [0.1, 0.15) is 6.54 Å². The van der Waals surface area contributed by atoms with Crippen LogP contribution in [0.3, 0.4) is 0 Å². The number of halogens is 1. The highest BCUT2D eigenvalue weighted by Gasteiger charge is 2.15. The van der Waals surface area contributed by atoms with Gasteiger partial charge < -0.3 is 10.0 Å². The number of rotatable bonds is 10. The Hall–Kier alpha value is -1.13. The Morgan fingerprint density at radius 1 is 1.28 bits per heavy atom. The van der Waals surface area contributed by atoms with Crippen molar-refractivity contribution in [1.29, 1.82) is 0 Å². The Bertz CT molecular complexity index is 257. The first-order valence-corrected chi connectivity index (χ1v) is 6.61. The van der Waals surface area contributed by atoms with Gasteiger partial charge in [0.25, 0.3) is 0 Å². The maximum atomic E-state index is 12.5. The third-order valence-corrected chi connectivity index (χ3v) is 2.66. The van der Waals surface area contributed by atoms with E-state index in [9.17, 15) is 14.0 Å². The van der Waals surface area contributed by atoms with E-state index in [1.54, 1.807) is 0 Å². The average Bonchev–Trinajstić information content (AvgIpc) is 2.26. The minimum absolute atomic E-state index is 0.118. The Balaban J connectivity index is 3.84. The van der Waals surface area contributed by atoms with E-state index in [4.69, 9.17) is 5.11 Å². The minimum Gasteiger partial charge on any atom is -0.480 e. The summed E-state index contributed by atoms with van der Waals surface area (Å²) < 4.78 is 12.5. The van der Waals surface area contributed by atoms with Crippen LogP contribution < -0.4 is 0 Å². The highest BCUT2D eigenvalue weighted by atomic mass is 19.1. The predicted molar refractivity (Wildman–Crippen MR) is 68.2 cm³/mol. The maximum Gasteiger partial charge on any atom is 0.323 e. The maximum absolute atomic E-state index is 12.5. The second kappa shape index (κ2) is 9.85. The standard InChI is InChI=1S/C13H24FNO3/c1-3-9-15(10-13(17)18)12(16)8-6-4-5-7-11(2)14/h11H,3-10H2,1-2H3,(H,17,18). The summed E-state index contributed by atoms with van der Waals surface area (Å²) in [6, 6.07) is 0. The highest BCUT2D eigenvalue weighted by Crippen LogP contribution is 2.09. The molecule has 106 valence electrons. The Morgan fingerprint density at radius 2 is 1.94 bits per heavy atom. The van der Waals surface area contributed by atoms with E-state index in [0.717, 1.165) is 19.3 Å². The second-order valence-electron chi connectivity index (χ2n) is 4.59. The zero-order valence-electron chi connectivity index (χ0n) is 11.3. The van der Waals surface area contributed by atoms with Gasteiger partial charge >= 0.3 is 5.97 Å². The zero-order chi connectivity index (χ0) is 14.0. The molecule has 0 radical (unpaired) electrons. The van der Waals surface area contributed by atoms with E-state index in [2.05, 4.69) is 0 Å². The SMILES string of the molecule is CCCN(CC(=O)O)C(=O)CCCCCC(C)F. The van der Waals surface area contributed by atoms with Gasteiger partial charge in [0.2, 0.25) is 5.91 Å². The molecule has 0 aromatic heterocycles. The van der Waals surface area contributed by atoms with E-state index < -0.39 is 12.1 Å². The van der Waals surface area contributed by atoms with Gasteiger partial charge in [0, 0.05) is 13.0 Å². The van der Waals surface area contributed by atoms with Crippen molar-refractivity contribution in [3.8, 4) is 0 Å². The summed E-state index contributed by atoms with van der Waals surface area (Å²) in [4.78, 5) is 23.7. The van der Waals surface area contributed by atoms with Crippen molar-refractivity contribution < 1.29 is 19.1 Å². The number of nitrogens with zero attached hydrogens (tertiary/aromatic N) is 1. The van der Waals surface area contributed by atoms with Gasteiger partial charge in [-0.1, -0.05) is 19.8 Å². The molecule has 0 aliphatic rings.